The Hall–Kier alpha value is -1.88. The molecule has 1 saturated carbocycles. The van der Waals surface area contributed by atoms with Crippen LogP contribution in [0.15, 0.2) is 30.3 Å². The Morgan fingerprint density at radius 1 is 1.30 bits per heavy atom. The standard InChI is InChI=1S/C15H18O5/c16-10-19-9-11-6-7-14(13(17)8-11)20-15(18)12-4-2-1-3-5-12/h1-5,10-11,13-14,17H,6-9H2. The Bertz CT molecular complexity index is 445. The van der Waals surface area contributed by atoms with Gasteiger partial charge in [-0.1, -0.05) is 18.2 Å². The molecular formula is C15H18O5. The lowest BCUT2D eigenvalue weighted by molar-refractivity contribution is -0.131. The van der Waals surface area contributed by atoms with E-state index in [0.29, 0.717) is 31.5 Å². The van der Waals surface area contributed by atoms with Crippen LogP contribution in [0.3, 0.4) is 0 Å². The van der Waals surface area contributed by atoms with Crippen molar-refractivity contribution in [1.29, 1.82) is 0 Å². The summed E-state index contributed by atoms with van der Waals surface area (Å²) in [6.07, 6.45) is 0.608. The molecule has 20 heavy (non-hydrogen) atoms. The van der Waals surface area contributed by atoms with Crippen LogP contribution in [0.5, 0.6) is 0 Å². The van der Waals surface area contributed by atoms with Gasteiger partial charge < -0.3 is 14.6 Å². The maximum Gasteiger partial charge on any atom is 0.338 e. The van der Waals surface area contributed by atoms with Crippen molar-refractivity contribution in [3.05, 3.63) is 35.9 Å². The van der Waals surface area contributed by atoms with Crippen molar-refractivity contribution in [2.24, 2.45) is 5.92 Å². The lowest BCUT2D eigenvalue weighted by Gasteiger charge is -2.32. The number of carbonyl (C=O) groups is 2. The highest BCUT2D eigenvalue weighted by Crippen LogP contribution is 2.27. The van der Waals surface area contributed by atoms with Crippen LogP contribution in [-0.4, -0.2) is 36.4 Å². The second kappa shape index (κ2) is 7.05. The topological polar surface area (TPSA) is 72.8 Å². The molecule has 0 aliphatic heterocycles. The minimum atomic E-state index is -0.711. The van der Waals surface area contributed by atoms with Crippen LogP contribution in [-0.2, 0) is 14.3 Å². The average Bonchev–Trinajstić information content (AvgIpc) is 2.48. The molecular weight excluding hydrogens is 260 g/mol. The Morgan fingerprint density at radius 3 is 2.70 bits per heavy atom. The van der Waals surface area contributed by atoms with Crippen molar-refractivity contribution in [2.45, 2.75) is 31.5 Å². The summed E-state index contributed by atoms with van der Waals surface area (Å²) in [5, 5.41) is 10.0. The molecule has 1 aromatic rings. The zero-order valence-electron chi connectivity index (χ0n) is 11.1. The Labute approximate surface area is 117 Å². The molecule has 1 aliphatic carbocycles. The van der Waals surface area contributed by atoms with Gasteiger partial charge in [0.05, 0.1) is 18.3 Å². The molecule has 0 bridgehead atoms. The molecule has 108 valence electrons. The summed E-state index contributed by atoms with van der Waals surface area (Å²) >= 11 is 0. The van der Waals surface area contributed by atoms with E-state index in [1.54, 1.807) is 24.3 Å². The molecule has 1 N–H and O–H groups in total. The first kappa shape index (κ1) is 14.5. The monoisotopic (exact) mass is 278 g/mol. The third kappa shape index (κ3) is 3.81. The number of benzene rings is 1. The summed E-state index contributed by atoms with van der Waals surface area (Å²) in [6.45, 7) is 0.716. The lowest BCUT2D eigenvalue weighted by Crippen LogP contribution is -2.38. The van der Waals surface area contributed by atoms with Gasteiger partial charge >= 0.3 is 5.97 Å². The van der Waals surface area contributed by atoms with E-state index < -0.39 is 18.2 Å². The highest BCUT2D eigenvalue weighted by Gasteiger charge is 2.32. The number of aliphatic hydroxyl groups excluding tert-OH is 1. The van der Waals surface area contributed by atoms with Gasteiger partial charge in [-0.25, -0.2) is 4.79 Å². The van der Waals surface area contributed by atoms with E-state index in [-0.39, 0.29) is 5.92 Å². The maximum atomic E-state index is 11.9. The minimum Gasteiger partial charge on any atom is -0.468 e. The molecule has 0 spiro atoms. The van der Waals surface area contributed by atoms with Crippen molar-refractivity contribution >= 4 is 12.4 Å². The molecule has 1 aliphatic rings. The average molecular weight is 278 g/mol. The first-order valence-corrected chi connectivity index (χ1v) is 6.70. The first-order chi connectivity index (χ1) is 9.70. The van der Waals surface area contributed by atoms with Crippen LogP contribution >= 0.6 is 0 Å². The van der Waals surface area contributed by atoms with E-state index in [1.807, 2.05) is 6.07 Å². The first-order valence-electron chi connectivity index (χ1n) is 6.70. The number of aliphatic hydroxyl groups is 1. The Morgan fingerprint density at radius 2 is 2.05 bits per heavy atom. The van der Waals surface area contributed by atoms with Crippen molar-refractivity contribution in [3.63, 3.8) is 0 Å². The third-order valence-corrected chi connectivity index (χ3v) is 3.53. The van der Waals surface area contributed by atoms with E-state index in [0.717, 1.165) is 6.42 Å². The summed E-state index contributed by atoms with van der Waals surface area (Å²) in [6, 6.07) is 8.71. The fourth-order valence-corrected chi connectivity index (χ4v) is 2.45. The smallest absolute Gasteiger partial charge is 0.338 e. The van der Waals surface area contributed by atoms with Crippen LogP contribution in [0.1, 0.15) is 29.6 Å². The molecule has 1 aromatic carbocycles. The molecule has 3 atom stereocenters. The normalized spacial score (nSPS) is 25.8. The fourth-order valence-electron chi connectivity index (χ4n) is 2.45. The van der Waals surface area contributed by atoms with E-state index in [9.17, 15) is 14.7 Å². The Kier molecular flexibility index (Phi) is 5.12. The van der Waals surface area contributed by atoms with Crippen LogP contribution in [0.4, 0.5) is 0 Å². The largest absolute Gasteiger partial charge is 0.468 e. The predicted molar refractivity (Wildman–Crippen MR) is 71.0 cm³/mol. The molecule has 0 heterocycles. The van der Waals surface area contributed by atoms with Gasteiger partial charge in [0.2, 0.25) is 0 Å². The number of rotatable bonds is 5. The second-order valence-electron chi connectivity index (χ2n) is 4.99. The molecule has 3 unspecified atom stereocenters. The minimum absolute atomic E-state index is 0.127. The fraction of sp³-hybridized carbons (Fsp3) is 0.467. The summed E-state index contributed by atoms with van der Waals surface area (Å²) < 4.78 is 10.1. The van der Waals surface area contributed by atoms with Crippen LogP contribution < -0.4 is 0 Å². The van der Waals surface area contributed by atoms with Gasteiger partial charge in [-0.15, -0.1) is 0 Å². The number of hydrogen-bond donors (Lipinski definition) is 1. The highest BCUT2D eigenvalue weighted by molar-refractivity contribution is 5.89. The maximum absolute atomic E-state index is 11.9. The van der Waals surface area contributed by atoms with E-state index in [2.05, 4.69) is 0 Å². The van der Waals surface area contributed by atoms with Crippen molar-refractivity contribution in [3.8, 4) is 0 Å². The molecule has 2 rings (SSSR count). The summed E-state index contributed by atoms with van der Waals surface area (Å²) in [5.41, 5.74) is 0.478. The van der Waals surface area contributed by atoms with Gasteiger partial charge in [-0.2, -0.15) is 0 Å². The predicted octanol–water partition coefficient (Wildman–Crippen LogP) is 1.55. The Balaban J connectivity index is 1.85. The van der Waals surface area contributed by atoms with Gasteiger partial charge in [0.15, 0.2) is 0 Å². The van der Waals surface area contributed by atoms with Crippen LogP contribution in [0.25, 0.3) is 0 Å². The van der Waals surface area contributed by atoms with E-state index in [4.69, 9.17) is 9.47 Å². The van der Waals surface area contributed by atoms with Crippen LogP contribution in [0, 0.1) is 5.92 Å². The van der Waals surface area contributed by atoms with E-state index in [1.165, 1.54) is 0 Å². The highest BCUT2D eigenvalue weighted by atomic mass is 16.6. The molecule has 0 radical (unpaired) electrons. The molecule has 0 amide bonds. The van der Waals surface area contributed by atoms with Gasteiger partial charge in [0, 0.05) is 0 Å². The number of carbonyl (C=O) groups excluding carboxylic acids is 2. The molecule has 5 nitrogen and oxygen atoms in total. The van der Waals surface area contributed by atoms with Crippen LogP contribution in [0.2, 0.25) is 0 Å². The summed E-state index contributed by atoms with van der Waals surface area (Å²) in [7, 11) is 0. The summed E-state index contributed by atoms with van der Waals surface area (Å²) in [5.74, 6) is -0.292. The van der Waals surface area contributed by atoms with Crippen molar-refractivity contribution in [2.75, 3.05) is 6.61 Å². The van der Waals surface area contributed by atoms with Crippen molar-refractivity contribution < 1.29 is 24.2 Å². The molecule has 0 saturated heterocycles. The third-order valence-electron chi connectivity index (χ3n) is 3.53. The van der Waals surface area contributed by atoms with E-state index >= 15 is 0 Å². The SMILES string of the molecule is O=COCC1CCC(OC(=O)c2ccccc2)C(O)C1. The zero-order valence-corrected chi connectivity index (χ0v) is 11.1. The van der Waals surface area contributed by atoms with Crippen molar-refractivity contribution in [1.82, 2.24) is 0 Å². The van der Waals surface area contributed by atoms with Gasteiger partial charge in [-0.3, -0.25) is 4.79 Å². The number of esters is 1. The number of ether oxygens (including phenoxy) is 2. The quantitative estimate of drug-likeness (QED) is 0.653. The number of hydrogen-bond acceptors (Lipinski definition) is 5. The lowest BCUT2D eigenvalue weighted by atomic mass is 9.86. The van der Waals surface area contributed by atoms with Gasteiger partial charge in [-0.05, 0) is 37.3 Å². The molecule has 0 aromatic heterocycles. The second-order valence-corrected chi connectivity index (χ2v) is 4.99. The molecule has 5 heteroatoms. The molecule has 1 fully saturated rings. The summed E-state index contributed by atoms with van der Waals surface area (Å²) in [4.78, 5) is 22.0. The van der Waals surface area contributed by atoms with Gasteiger partial charge in [0.25, 0.3) is 6.47 Å². The van der Waals surface area contributed by atoms with Gasteiger partial charge in [0.1, 0.15) is 6.10 Å². The zero-order chi connectivity index (χ0) is 14.4.